The van der Waals surface area contributed by atoms with Gasteiger partial charge in [0.05, 0.1) is 12.8 Å². The van der Waals surface area contributed by atoms with Crippen LogP contribution in [0.1, 0.15) is 5.56 Å². The number of nitrogens with one attached hydrogen (secondary N) is 2. The summed E-state index contributed by atoms with van der Waals surface area (Å²) in [6.07, 6.45) is 1.78. The Hall–Kier alpha value is -1.94. The van der Waals surface area contributed by atoms with Gasteiger partial charge < -0.3 is 9.47 Å². The van der Waals surface area contributed by atoms with Crippen LogP contribution >= 0.6 is 44.7 Å². The molecular weight excluding hydrogens is 534 g/mol. The molecule has 0 radical (unpaired) electrons. The Morgan fingerprint density at radius 2 is 1.87 bits per heavy atom. The zero-order valence-corrected chi connectivity index (χ0v) is 20.5. The smallest absolute Gasteiger partial charge is 0.276 e. The summed E-state index contributed by atoms with van der Waals surface area (Å²) in [7, 11) is 1.63. The van der Waals surface area contributed by atoms with Crippen molar-refractivity contribution < 1.29 is 14.3 Å². The molecule has 3 rings (SSSR count). The molecule has 2 aromatic carbocycles. The van der Waals surface area contributed by atoms with Gasteiger partial charge in [0.25, 0.3) is 5.91 Å². The Balaban J connectivity index is 0.00000320. The van der Waals surface area contributed by atoms with E-state index in [-0.39, 0.29) is 35.0 Å². The number of carbonyl (C=O) groups excluding carboxylic acids is 1. The zero-order chi connectivity index (χ0) is 20.6. The van der Waals surface area contributed by atoms with Gasteiger partial charge in [0.15, 0.2) is 12.1 Å². The Morgan fingerprint density at radius 3 is 2.50 bits per heavy atom. The standard InChI is InChI=1S/C21H22BrN3O3S.BrH/c1-3-12-23-21-25(19(14-29-21)15-4-8-17(27-2)9-5-15)24-20(26)13-28-18-10-6-16(22)7-11-18;/h3-11,14,21,23H,1,12-13H2,2H3,(H,24,26);1H. The first-order valence-electron chi connectivity index (χ1n) is 8.92. The van der Waals surface area contributed by atoms with Crippen LogP contribution in [-0.2, 0) is 4.79 Å². The second-order valence-electron chi connectivity index (χ2n) is 6.06. The Labute approximate surface area is 199 Å². The lowest BCUT2D eigenvalue weighted by atomic mass is 10.1. The number of nitrogens with zero attached hydrogens (tertiary/aromatic N) is 1. The van der Waals surface area contributed by atoms with Crippen LogP contribution in [0.5, 0.6) is 11.5 Å². The monoisotopic (exact) mass is 555 g/mol. The summed E-state index contributed by atoms with van der Waals surface area (Å²) in [6, 6.07) is 15.0. The Bertz CT molecular complexity index is 876. The van der Waals surface area contributed by atoms with E-state index in [0.717, 1.165) is 21.5 Å². The van der Waals surface area contributed by atoms with E-state index in [1.54, 1.807) is 37.1 Å². The number of amides is 1. The highest BCUT2D eigenvalue weighted by Gasteiger charge is 2.29. The van der Waals surface area contributed by atoms with E-state index >= 15 is 0 Å². The molecule has 0 aromatic heterocycles. The van der Waals surface area contributed by atoms with E-state index < -0.39 is 0 Å². The van der Waals surface area contributed by atoms with Crippen LogP contribution in [0.15, 0.2) is 71.1 Å². The molecule has 1 heterocycles. The molecule has 1 unspecified atom stereocenters. The summed E-state index contributed by atoms with van der Waals surface area (Å²) in [6.45, 7) is 4.27. The van der Waals surface area contributed by atoms with Gasteiger partial charge in [0, 0.05) is 22.0 Å². The average Bonchev–Trinajstić information content (AvgIpc) is 3.14. The van der Waals surface area contributed by atoms with Crippen molar-refractivity contribution >= 4 is 56.3 Å². The number of rotatable bonds is 9. The number of benzene rings is 2. The van der Waals surface area contributed by atoms with Crippen molar-refractivity contribution in [1.29, 1.82) is 0 Å². The number of halogens is 2. The van der Waals surface area contributed by atoms with Crippen molar-refractivity contribution in [2.45, 2.75) is 5.50 Å². The third-order valence-corrected chi connectivity index (χ3v) is 5.58. The quantitative estimate of drug-likeness (QED) is 0.442. The van der Waals surface area contributed by atoms with Crippen LogP contribution in [0, 0.1) is 0 Å². The number of hydrogen-bond donors (Lipinski definition) is 2. The molecule has 2 N–H and O–H groups in total. The number of methoxy groups -OCH3 is 1. The van der Waals surface area contributed by atoms with Crippen LogP contribution in [-0.4, -0.2) is 36.7 Å². The predicted molar refractivity (Wildman–Crippen MR) is 130 cm³/mol. The molecule has 160 valence electrons. The second-order valence-corrected chi connectivity index (χ2v) is 7.93. The molecule has 1 aliphatic rings. The van der Waals surface area contributed by atoms with Crippen molar-refractivity contribution in [2.75, 3.05) is 20.3 Å². The second kappa shape index (κ2) is 12.0. The molecule has 0 saturated carbocycles. The highest BCUT2D eigenvalue weighted by molar-refractivity contribution is 9.10. The summed E-state index contributed by atoms with van der Waals surface area (Å²) in [5.74, 6) is 1.16. The van der Waals surface area contributed by atoms with Gasteiger partial charge in [0.1, 0.15) is 11.5 Å². The number of thioether (sulfide) groups is 1. The molecule has 0 bridgehead atoms. The molecule has 1 atom stereocenters. The van der Waals surface area contributed by atoms with Gasteiger partial charge in [-0.3, -0.25) is 20.5 Å². The van der Waals surface area contributed by atoms with Crippen LogP contribution in [0.25, 0.3) is 5.70 Å². The van der Waals surface area contributed by atoms with Crippen LogP contribution in [0.3, 0.4) is 0 Å². The normalized spacial score (nSPS) is 15.1. The van der Waals surface area contributed by atoms with Gasteiger partial charge in [-0.1, -0.05) is 33.8 Å². The summed E-state index contributed by atoms with van der Waals surface area (Å²) in [5, 5.41) is 7.14. The average molecular weight is 557 g/mol. The van der Waals surface area contributed by atoms with Crippen LogP contribution in [0.4, 0.5) is 0 Å². The number of ether oxygens (including phenoxy) is 2. The third-order valence-electron chi connectivity index (χ3n) is 4.05. The molecule has 6 nitrogen and oxygen atoms in total. The first-order chi connectivity index (χ1) is 14.1. The number of hydrogen-bond acceptors (Lipinski definition) is 6. The first-order valence-corrected chi connectivity index (χ1v) is 10.7. The third kappa shape index (κ3) is 6.53. The lowest BCUT2D eigenvalue weighted by Crippen LogP contribution is -2.50. The van der Waals surface area contributed by atoms with Crippen molar-refractivity contribution in [3.63, 3.8) is 0 Å². The fourth-order valence-electron chi connectivity index (χ4n) is 2.63. The van der Waals surface area contributed by atoms with Gasteiger partial charge in [-0.05, 0) is 48.5 Å². The van der Waals surface area contributed by atoms with Crippen molar-refractivity contribution in [2.24, 2.45) is 0 Å². The molecule has 0 spiro atoms. The zero-order valence-electron chi connectivity index (χ0n) is 16.3. The number of carbonyl (C=O) groups is 1. The maximum atomic E-state index is 12.5. The Kier molecular flexibility index (Phi) is 9.77. The minimum Gasteiger partial charge on any atom is -0.497 e. The Morgan fingerprint density at radius 1 is 1.20 bits per heavy atom. The highest BCUT2D eigenvalue weighted by atomic mass is 79.9. The summed E-state index contributed by atoms with van der Waals surface area (Å²) >= 11 is 4.95. The molecule has 0 saturated heterocycles. The number of hydrazine groups is 1. The molecule has 1 aliphatic heterocycles. The lowest BCUT2D eigenvalue weighted by Gasteiger charge is -2.29. The maximum absolute atomic E-state index is 12.5. The first kappa shape index (κ1) is 24.3. The van der Waals surface area contributed by atoms with Crippen molar-refractivity contribution in [3.05, 3.63) is 76.6 Å². The molecule has 0 fully saturated rings. The molecule has 1 amide bonds. The minimum atomic E-state index is -0.250. The van der Waals surface area contributed by atoms with Crippen LogP contribution in [0.2, 0.25) is 0 Å². The summed E-state index contributed by atoms with van der Waals surface area (Å²) in [5.41, 5.74) is 4.64. The topological polar surface area (TPSA) is 62.8 Å². The van der Waals surface area contributed by atoms with E-state index in [9.17, 15) is 4.79 Å². The predicted octanol–water partition coefficient (Wildman–Crippen LogP) is 4.55. The van der Waals surface area contributed by atoms with Gasteiger partial charge >= 0.3 is 0 Å². The maximum Gasteiger partial charge on any atom is 0.276 e. The minimum absolute atomic E-state index is 0. The van der Waals surface area contributed by atoms with E-state index in [2.05, 4.69) is 33.3 Å². The lowest BCUT2D eigenvalue weighted by molar-refractivity contribution is -0.126. The fraction of sp³-hybridized carbons (Fsp3) is 0.190. The molecule has 30 heavy (non-hydrogen) atoms. The van der Waals surface area contributed by atoms with Gasteiger partial charge in [-0.2, -0.15) is 0 Å². The molecule has 9 heteroatoms. The van der Waals surface area contributed by atoms with E-state index in [4.69, 9.17) is 9.47 Å². The van der Waals surface area contributed by atoms with Crippen molar-refractivity contribution in [3.8, 4) is 11.5 Å². The fourth-order valence-corrected chi connectivity index (χ4v) is 3.88. The van der Waals surface area contributed by atoms with Crippen molar-refractivity contribution in [1.82, 2.24) is 15.8 Å². The van der Waals surface area contributed by atoms with Gasteiger partial charge in [-0.25, -0.2) is 0 Å². The van der Waals surface area contributed by atoms with E-state index in [1.165, 1.54) is 0 Å². The van der Waals surface area contributed by atoms with Gasteiger partial charge in [0.2, 0.25) is 0 Å². The summed E-state index contributed by atoms with van der Waals surface area (Å²) in [4.78, 5) is 12.5. The van der Waals surface area contributed by atoms with E-state index in [0.29, 0.717) is 12.3 Å². The van der Waals surface area contributed by atoms with E-state index in [1.807, 2.05) is 46.8 Å². The molecule has 2 aromatic rings. The van der Waals surface area contributed by atoms with Gasteiger partial charge in [-0.15, -0.1) is 23.6 Å². The molecule has 0 aliphatic carbocycles. The van der Waals surface area contributed by atoms with Crippen LogP contribution < -0.4 is 20.2 Å². The molecular formula is C21H23Br2N3O3S. The largest absolute Gasteiger partial charge is 0.497 e. The SMILES string of the molecule is Br.C=CCNC1SC=C(c2ccc(OC)cc2)N1NC(=O)COc1ccc(Br)cc1. The summed E-state index contributed by atoms with van der Waals surface area (Å²) < 4.78 is 11.8. The highest BCUT2D eigenvalue weighted by Crippen LogP contribution is 2.34.